The maximum atomic E-state index is 9.32. The Morgan fingerprint density at radius 3 is 2.85 bits per heavy atom. The van der Waals surface area contributed by atoms with Gasteiger partial charge in [-0.2, -0.15) is 5.10 Å². The van der Waals surface area contributed by atoms with Crippen molar-refractivity contribution in [1.82, 2.24) is 14.8 Å². The molecule has 0 aliphatic carbocycles. The second-order valence-electron chi connectivity index (χ2n) is 4.59. The van der Waals surface area contributed by atoms with Gasteiger partial charge in [-0.05, 0) is 17.7 Å². The highest BCUT2D eigenvalue weighted by molar-refractivity contribution is 8.00. The fourth-order valence-electron chi connectivity index (χ4n) is 2.21. The van der Waals surface area contributed by atoms with E-state index < -0.39 is 4.93 Å². The van der Waals surface area contributed by atoms with E-state index in [0.29, 0.717) is 11.6 Å². The third-order valence-corrected chi connectivity index (χ3v) is 4.90. The smallest absolute Gasteiger partial charge is 0.159 e. The van der Waals surface area contributed by atoms with Crippen LogP contribution in [0.15, 0.2) is 36.9 Å². The first-order valence-electron chi connectivity index (χ1n) is 6.23. The minimum absolute atomic E-state index is 0.0136. The van der Waals surface area contributed by atoms with Crippen LogP contribution >= 0.6 is 23.4 Å². The molecule has 0 radical (unpaired) electrons. The second-order valence-corrected chi connectivity index (χ2v) is 6.30. The Bertz CT molecular complexity index is 564. The molecule has 1 aliphatic heterocycles. The van der Waals surface area contributed by atoms with Crippen LogP contribution in [-0.2, 0) is 16.2 Å². The maximum absolute atomic E-state index is 9.32. The first kappa shape index (κ1) is 13.9. The molecular weight excluding hydrogens is 298 g/mol. The summed E-state index contributed by atoms with van der Waals surface area (Å²) in [5, 5.41) is 14.1. The predicted octanol–water partition coefficient (Wildman–Crippen LogP) is 1.91. The Morgan fingerprint density at radius 1 is 1.45 bits per heavy atom. The Labute approximate surface area is 125 Å². The number of aliphatic hydroxyl groups is 1. The van der Waals surface area contributed by atoms with E-state index in [1.165, 1.54) is 6.33 Å². The largest absolute Gasteiger partial charge is 0.394 e. The highest BCUT2D eigenvalue weighted by Crippen LogP contribution is 2.46. The molecule has 0 bridgehead atoms. The van der Waals surface area contributed by atoms with Crippen molar-refractivity contribution in [2.75, 3.05) is 12.4 Å². The number of hydrogen-bond donors (Lipinski definition) is 1. The Kier molecular flexibility index (Phi) is 3.98. The van der Waals surface area contributed by atoms with Crippen molar-refractivity contribution in [1.29, 1.82) is 0 Å². The molecule has 1 aromatic heterocycles. The van der Waals surface area contributed by atoms with Crippen LogP contribution in [0.3, 0.4) is 0 Å². The number of halogens is 1. The van der Waals surface area contributed by atoms with Crippen molar-refractivity contribution in [2.45, 2.75) is 17.6 Å². The molecule has 0 spiro atoms. The van der Waals surface area contributed by atoms with Gasteiger partial charge in [0.15, 0.2) is 4.93 Å². The fourth-order valence-corrected chi connectivity index (χ4v) is 3.70. The molecule has 7 heteroatoms. The van der Waals surface area contributed by atoms with Gasteiger partial charge >= 0.3 is 0 Å². The molecule has 2 heterocycles. The number of aliphatic hydroxyl groups excluding tert-OH is 1. The second kappa shape index (κ2) is 5.73. The third-order valence-electron chi connectivity index (χ3n) is 3.18. The summed E-state index contributed by atoms with van der Waals surface area (Å²) in [7, 11) is 0. The van der Waals surface area contributed by atoms with Gasteiger partial charge in [0, 0.05) is 10.8 Å². The summed E-state index contributed by atoms with van der Waals surface area (Å²) in [6.45, 7) is 0.551. The van der Waals surface area contributed by atoms with Gasteiger partial charge in [-0.3, -0.25) is 0 Å². The minimum atomic E-state index is -0.564. The Hall–Kier alpha value is -1.08. The quantitative estimate of drug-likeness (QED) is 0.934. The van der Waals surface area contributed by atoms with Crippen molar-refractivity contribution in [3.63, 3.8) is 0 Å². The standard InChI is InChI=1S/C13H14ClN3O2S/c14-11-3-1-10(2-4-11)13(7-17-9-15-8-16-17)19-12(5-18)6-20-13/h1-4,8-9,12,18H,5-7H2/t12-,13+/m0/s1. The molecule has 5 nitrogen and oxygen atoms in total. The molecule has 2 atom stereocenters. The lowest BCUT2D eigenvalue weighted by Crippen LogP contribution is -2.31. The summed E-state index contributed by atoms with van der Waals surface area (Å²) >= 11 is 7.61. The summed E-state index contributed by atoms with van der Waals surface area (Å²) < 4.78 is 7.82. The summed E-state index contributed by atoms with van der Waals surface area (Å²) in [4.78, 5) is 3.40. The normalized spacial score (nSPS) is 26.0. The lowest BCUT2D eigenvalue weighted by Gasteiger charge is -2.28. The molecule has 20 heavy (non-hydrogen) atoms. The molecule has 1 aliphatic rings. The zero-order valence-electron chi connectivity index (χ0n) is 10.6. The third kappa shape index (κ3) is 2.69. The molecule has 0 amide bonds. The summed E-state index contributed by atoms with van der Waals surface area (Å²) in [5.41, 5.74) is 1.01. The van der Waals surface area contributed by atoms with Gasteiger partial charge in [0.1, 0.15) is 12.7 Å². The van der Waals surface area contributed by atoms with Gasteiger partial charge in [-0.15, -0.1) is 11.8 Å². The van der Waals surface area contributed by atoms with E-state index in [4.69, 9.17) is 16.3 Å². The van der Waals surface area contributed by atoms with Gasteiger partial charge in [0.25, 0.3) is 0 Å². The van der Waals surface area contributed by atoms with Crippen LogP contribution in [0.2, 0.25) is 5.02 Å². The summed E-state index contributed by atoms with van der Waals surface area (Å²) in [5.74, 6) is 0.744. The van der Waals surface area contributed by atoms with Crippen molar-refractivity contribution >= 4 is 23.4 Å². The monoisotopic (exact) mass is 311 g/mol. The number of aromatic nitrogens is 3. The van der Waals surface area contributed by atoms with Crippen molar-refractivity contribution in [2.24, 2.45) is 0 Å². The van der Waals surface area contributed by atoms with E-state index in [2.05, 4.69) is 10.1 Å². The number of ether oxygens (including phenoxy) is 1. The molecule has 2 aromatic rings. The fraction of sp³-hybridized carbons (Fsp3) is 0.385. The highest BCUT2D eigenvalue weighted by Gasteiger charge is 2.43. The van der Waals surface area contributed by atoms with Gasteiger partial charge in [-0.25, -0.2) is 9.67 Å². The number of rotatable bonds is 4. The topological polar surface area (TPSA) is 60.2 Å². The van der Waals surface area contributed by atoms with Crippen LogP contribution in [0.1, 0.15) is 5.56 Å². The number of benzene rings is 1. The molecule has 1 saturated heterocycles. The first-order chi connectivity index (χ1) is 9.72. The van der Waals surface area contributed by atoms with Crippen LogP contribution in [0.4, 0.5) is 0 Å². The number of nitrogens with zero attached hydrogens (tertiary/aromatic N) is 3. The van der Waals surface area contributed by atoms with Gasteiger partial charge in [-0.1, -0.05) is 23.7 Å². The van der Waals surface area contributed by atoms with Crippen LogP contribution in [-0.4, -0.2) is 38.3 Å². The van der Waals surface area contributed by atoms with Gasteiger partial charge < -0.3 is 9.84 Å². The minimum Gasteiger partial charge on any atom is -0.394 e. The van der Waals surface area contributed by atoms with E-state index in [1.807, 2.05) is 24.3 Å². The molecular formula is C13H14ClN3O2S. The predicted molar refractivity (Wildman–Crippen MR) is 77.6 cm³/mol. The van der Waals surface area contributed by atoms with Crippen LogP contribution < -0.4 is 0 Å². The lowest BCUT2D eigenvalue weighted by atomic mass is 10.1. The highest BCUT2D eigenvalue weighted by atomic mass is 35.5. The van der Waals surface area contributed by atoms with Crippen molar-refractivity contribution in [3.8, 4) is 0 Å². The van der Waals surface area contributed by atoms with Gasteiger partial charge in [0.2, 0.25) is 0 Å². The Morgan fingerprint density at radius 2 is 2.25 bits per heavy atom. The summed E-state index contributed by atoms with van der Waals surface area (Å²) in [6.07, 6.45) is 2.99. The molecule has 1 fully saturated rings. The van der Waals surface area contributed by atoms with E-state index >= 15 is 0 Å². The molecule has 0 saturated carbocycles. The zero-order chi connectivity index (χ0) is 14.0. The SMILES string of the molecule is OC[C@H]1CS[C@](Cn2cncn2)(c2ccc(Cl)cc2)O1. The first-order valence-corrected chi connectivity index (χ1v) is 7.59. The van der Waals surface area contributed by atoms with Crippen molar-refractivity contribution < 1.29 is 9.84 Å². The van der Waals surface area contributed by atoms with E-state index in [9.17, 15) is 5.11 Å². The van der Waals surface area contributed by atoms with E-state index in [0.717, 1.165) is 11.3 Å². The average molecular weight is 312 g/mol. The molecule has 1 aromatic carbocycles. The average Bonchev–Trinajstić information content (AvgIpc) is 3.10. The molecule has 1 N–H and O–H groups in total. The van der Waals surface area contributed by atoms with Crippen molar-refractivity contribution in [3.05, 3.63) is 47.5 Å². The van der Waals surface area contributed by atoms with E-state index in [-0.39, 0.29) is 12.7 Å². The Balaban J connectivity index is 1.93. The summed E-state index contributed by atoms with van der Waals surface area (Å²) in [6, 6.07) is 7.59. The molecule has 0 unspecified atom stereocenters. The number of thioether (sulfide) groups is 1. The van der Waals surface area contributed by atoms with Gasteiger partial charge in [0.05, 0.1) is 19.3 Å². The van der Waals surface area contributed by atoms with Crippen LogP contribution in [0.5, 0.6) is 0 Å². The maximum Gasteiger partial charge on any atom is 0.159 e. The number of hydrogen-bond acceptors (Lipinski definition) is 5. The van der Waals surface area contributed by atoms with Crippen LogP contribution in [0, 0.1) is 0 Å². The lowest BCUT2D eigenvalue weighted by molar-refractivity contribution is -0.0444. The molecule has 106 valence electrons. The van der Waals surface area contributed by atoms with Crippen LogP contribution in [0.25, 0.3) is 0 Å². The molecule has 3 rings (SSSR count). The van der Waals surface area contributed by atoms with E-state index in [1.54, 1.807) is 22.8 Å². The zero-order valence-corrected chi connectivity index (χ0v) is 12.2.